The summed E-state index contributed by atoms with van der Waals surface area (Å²) in [5.74, 6) is 0.420. The monoisotopic (exact) mass is 357 g/mol. The number of aryl methyl sites for hydroxylation is 1. The van der Waals surface area contributed by atoms with Gasteiger partial charge < -0.3 is 14.7 Å². The van der Waals surface area contributed by atoms with Gasteiger partial charge in [0.25, 0.3) is 5.91 Å². The van der Waals surface area contributed by atoms with Gasteiger partial charge in [0.05, 0.1) is 6.54 Å². The molecule has 140 valence electrons. The minimum atomic E-state index is -0.926. The first-order valence-corrected chi connectivity index (χ1v) is 9.43. The first-order chi connectivity index (χ1) is 12.5. The summed E-state index contributed by atoms with van der Waals surface area (Å²) in [7, 11) is 0. The van der Waals surface area contributed by atoms with E-state index in [1.165, 1.54) is 17.4 Å². The zero-order chi connectivity index (χ0) is 18.7. The Kier molecular flexibility index (Phi) is 5.64. The van der Waals surface area contributed by atoms with Crippen LogP contribution < -0.4 is 4.74 Å². The molecule has 5 nitrogen and oxygen atoms in total. The lowest BCUT2D eigenvalue weighted by molar-refractivity contribution is -0.148. The predicted octanol–water partition coefficient (Wildman–Crippen LogP) is 3.83. The smallest absolute Gasteiger partial charge is 0.326 e. The first-order valence-electron chi connectivity index (χ1n) is 9.43. The number of ether oxygens (including phenoxy) is 1. The molecular formula is C21H27NO4. The van der Waals surface area contributed by atoms with Crippen LogP contribution in [0.2, 0.25) is 0 Å². The number of hydrogen-bond acceptors (Lipinski definition) is 3. The quantitative estimate of drug-likeness (QED) is 0.840. The van der Waals surface area contributed by atoms with Crippen LogP contribution in [-0.4, -0.2) is 34.5 Å². The van der Waals surface area contributed by atoms with Gasteiger partial charge in [0.1, 0.15) is 17.6 Å². The lowest BCUT2D eigenvalue weighted by Gasteiger charge is -2.30. The van der Waals surface area contributed by atoms with Crippen molar-refractivity contribution in [3.8, 4) is 5.75 Å². The molecular weight excluding hydrogens is 330 g/mol. The maximum atomic E-state index is 12.4. The van der Waals surface area contributed by atoms with Crippen LogP contribution in [0.15, 0.2) is 30.0 Å². The Hall–Kier alpha value is -2.30. The van der Waals surface area contributed by atoms with Crippen molar-refractivity contribution in [2.75, 3.05) is 6.54 Å². The van der Waals surface area contributed by atoms with Gasteiger partial charge in [-0.25, -0.2) is 4.79 Å². The van der Waals surface area contributed by atoms with Gasteiger partial charge in [-0.05, 0) is 43.4 Å². The van der Waals surface area contributed by atoms with Gasteiger partial charge in [0.2, 0.25) is 0 Å². The fourth-order valence-corrected chi connectivity index (χ4v) is 3.91. The summed E-state index contributed by atoms with van der Waals surface area (Å²) in [6, 6.07) is 5.01. The minimum Gasteiger partial charge on any atom is -0.480 e. The average Bonchev–Trinajstić information content (AvgIpc) is 2.97. The molecule has 1 aromatic carbocycles. The number of benzene rings is 1. The largest absolute Gasteiger partial charge is 0.480 e. The molecule has 0 unspecified atom stereocenters. The molecule has 1 aromatic rings. The van der Waals surface area contributed by atoms with Crippen molar-refractivity contribution in [3.63, 3.8) is 0 Å². The van der Waals surface area contributed by atoms with Crippen molar-refractivity contribution in [2.45, 2.75) is 58.4 Å². The molecule has 5 heteroatoms. The molecule has 1 saturated carbocycles. The molecule has 0 aromatic heterocycles. The number of rotatable bonds is 6. The second-order valence-electron chi connectivity index (χ2n) is 7.47. The molecule has 3 rings (SSSR count). The van der Waals surface area contributed by atoms with E-state index in [-0.39, 0.29) is 12.5 Å². The van der Waals surface area contributed by atoms with Crippen LogP contribution in [-0.2, 0) is 9.59 Å². The highest BCUT2D eigenvalue weighted by atomic mass is 16.5. The summed E-state index contributed by atoms with van der Waals surface area (Å²) in [5.41, 5.74) is 2.14. The number of aliphatic carboxylic acids is 1. The summed E-state index contributed by atoms with van der Waals surface area (Å²) >= 11 is 0. The van der Waals surface area contributed by atoms with Crippen LogP contribution >= 0.6 is 0 Å². The second kappa shape index (κ2) is 7.94. The maximum absolute atomic E-state index is 12.4. The Labute approximate surface area is 154 Å². The molecule has 1 amide bonds. The van der Waals surface area contributed by atoms with Crippen LogP contribution in [0.25, 0.3) is 0 Å². The number of carbonyl (C=O) groups excluding carboxylic acids is 1. The van der Waals surface area contributed by atoms with Crippen LogP contribution in [0.4, 0.5) is 0 Å². The average molecular weight is 357 g/mol. The van der Waals surface area contributed by atoms with Gasteiger partial charge in [0, 0.05) is 6.08 Å². The highest BCUT2D eigenvalue weighted by Crippen LogP contribution is 2.31. The van der Waals surface area contributed by atoms with Gasteiger partial charge in [-0.1, -0.05) is 44.2 Å². The Balaban J connectivity index is 1.68. The van der Waals surface area contributed by atoms with E-state index in [1.807, 2.05) is 32.0 Å². The molecule has 1 heterocycles. The lowest BCUT2D eigenvalue weighted by atomic mass is 9.84. The number of carboxylic acid groups (broad SMARTS) is 1. The topological polar surface area (TPSA) is 66.8 Å². The molecule has 26 heavy (non-hydrogen) atoms. The highest BCUT2D eigenvalue weighted by molar-refractivity contribution is 5.94. The normalized spacial score (nSPS) is 19.4. The van der Waals surface area contributed by atoms with Crippen LogP contribution in [0.1, 0.15) is 49.7 Å². The molecule has 1 N–H and O–H groups in total. The fraction of sp³-hybridized carbons (Fsp3) is 0.524. The highest BCUT2D eigenvalue weighted by Gasteiger charge is 2.36. The van der Waals surface area contributed by atoms with E-state index in [0.717, 1.165) is 36.8 Å². The second-order valence-corrected chi connectivity index (χ2v) is 7.47. The molecule has 2 aliphatic rings. The van der Waals surface area contributed by atoms with Crippen molar-refractivity contribution >= 4 is 11.9 Å². The van der Waals surface area contributed by atoms with E-state index in [0.29, 0.717) is 23.8 Å². The van der Waals surface area contributed by atoms with Crippen LogP contribution in [0.3, 0.4) is 0 Å². The summed E-state index contributed by atoms with van der Waals surface area (Å²) in [6.07, 6.45) is 7.63. The third-order valence-corrected chi connectivity index (χ3v) is 5.63. The minimum absolute atomic E-state index is 0.218. The predicted molar refractivity (Wildman–Crippen MR) is 99.0 cm³/mol. The molecule has 0 saturated heterocycles. The standard InChI is InChI=1S/C21H27NO4/c1-14-7-6-10-19(15(14)2)26-17-12-20(23)22(13-17)18(21(24)25)11-16-8-4-3-5-9-16/h6-7,10,12,16,18H,3-5,8-9,11,13H2,1-2H3,(H,24,25)/t18-/m0/s1. The van der Waals surface area contributed by atoms with Crippen molar-refractivity contribution in [2.24, 2.45) is 5.92 Å². The SMILES string of the molecule is Cc1cccc(OC2=CC(=O)N([C@@H](CC3CCCCC3)C(=O)O)C2)c1C. The lowest BCUT2D eigenvalue weighted by Crippen LogP contribution is -2.44. The van der Waals surface area contributed by atoms with Gasteiger partial charge in [-0.2, -0.15) is 0 Å². The van der Waals surface area contributed by atoms with E-state index < -0.39 is 12.0 Å². The molecule has 0 bridgehead atoms. The van der Waals surface area contributed by atoms with Crippen molar-refractivity contribution in [1.29, 1.82) is 0 Å². The van der Waals surface area contributed by atoms with Gasteiger partial charge in [-0.15, -0.1) is 0 Å². The van der Waals surface area contributed by atoms with Crippen molar-refractivity contribution < 1.29 is 19.4 Å². The summed E-state index contributed by atoms with van der Waals surface area (Å²) in [5, 5.41) is 9.68. The molecule has 1 aliphatic carbocycles. The molecule has 1 aliphatic heterocycles. The Morgan fingerprint density at radius 3 is 2.69 bits per heavy atom. The Morgan fingerprint density at radius 1 is 1.27 bits per heavy atom. The molecule has 0 spiro atoms. The third-order valence-electron chi connectivity index (χ3n) is 5.63. The number of carbonyl (C=O) groups is 2. The Bertz CT molecular complexity index is 719. The Morgan fingerprint density at radius 2 is 2.00 bits per heavy atom. The van der Waals surface area contributed by atoms with E-state index in [9.17, 15) is 14.7 Å². The van der Waals surface area contributed by atoms with Crippen molar-refractivity contribution in [3.05, 3.63) is 41.2 Å². The number of nitrogens with zero attached hydrogens (tertiary/aromatic N) is 1. The van der Waals surface area contributed by atoms with Crippen LogP contribution in [0.5, 0.6) is 5.75 Å². The van der Waals surface area contributed by atoms with Crippen LogP contribution in [0, 0.1) is 19.8 Å². The first kappa shape index (κ1) is 18.5. The summed E-state index contributed by atoms with van der Waals surface area (Å²) in [4.78, 5) is 25.7. The zero-order valence-corrected chi connectivity index (χ0v) is 15.5. The number of carboxylic acids is 1. The van der Waals surface area contributed by atoms with Crippen molar-refractivity contribution in [1.82, 2.24) is 4.90 Å². The number of amides is 1. The van der Waals surface area contributed by atoms with Gasteiger partial charge in [0.15, 0.2) is 0 Å². The van der Waals surface area contributed by atoms with E-state index in [2.05, 4.69) is 0 Å². The maximum Gasteiger partial charge on any atom is 0.326 e. The third kappa shape index (κ3) is 4.09. The fourth-order valence-electron chi connectivity index (χ4n) is 3.91. The number of hydrogen-bond donors (Lipinski definition) is 1. The summed E-state index contributed by atoms with van der Waals surface area (Å²) in [6.45, 7) is 4.20. The van der Waals surface area contributed by atoms with Gasteiger partial charge >= 0.3 is 5.97 Å². The zero-order valence-electron chi connectivity index (χ0n) is 15.5. The van der Waals surface area contributed by atoms with E-state index in [1.54, 1.807) is 0 Å². The van der Waals surface area contributed by atoms with Gasteiger partial charge in [-0.3, -0.25) is 4.79 Å². The summed E-state index contributed by atoms with van der Waals surface area (Å²) < 4.78 is 5.91. The molecule has 1 fully saturated rings. The molecule has 1 atom stereocenters. The van der Waals surface area contributed by atoms with E-state index >= 15 is 0 Å². The molecule has 0 radical (unpaired) electrons. The van der Waals surface area contributed by atoms with E-state index in [4.69, 9.17) is 4.74 Å².